The van der Waals surface area contributed by atoms with Crippen LogP contribution in [-0.4, -0.2) is 69.0 Å². The van der Waals surface area contributed by atoms with Crippen LogP contribution in [0.3, 0.4) is 0 Å². The SMILES string of the molecule is COc1cc(NC2CCN(C(=O)OC[C@H](C)N(Cc3ccccc3)Cc3ccccc3)CC2)cc(OC)c1OC. The van der Waals surface area contributed by atoms with Crippen LogP contribution in [0.2, 0.25) is 0 Å². The molecule has 1 fully saturated rings. The van der Waals surface area contributed by atoms with Gasteiger partial charge in [-0.25, -0.2) is 4.79 Å². The molecule has 40 heavy (non-hydrogen) atoms. The first kappa shape index (κ1) is 29.1. The molecule has 1 saturated heterocycles. The van der Waals surface area contributed by atoms with Gasteiger partial charge in [0.15, 0.2) is 11.5 Å². The van der Waals surface area contributed by atoms with Gasteiger partial charge in [-0.05, 0) is 30.9 Å². The van der Waals surface area contributed by atoms with E-state index in [0.717, 1.165) is 31.6 Å². The maximum absolute atomic E-state index is 13.0. The van der Waals surface area contributed by atoms with E-state index in [0.29, 0.717) is 36.9 Å². The summed E-state index contributed by atoms with van der Waals surface area (Å²) in [5.74, 6) is 1.77. The molecule has 3 aromatic carbocycles. The number of methoxy groups -OCH3 is 3. The second-order valence-corrected chi connectivity index (χ2v) is 10.1. The predicted molar refractivity (Wildman–Crippen MR) is 157 cm³/mol. The van der Waals surface area contributed by atoms with Crippen molar-refractivity contribution in [2.24, 2.45) is 0 Å². The van der Waals surface area contributed by atoms with Crippen LogP contribution < -0.4 is 19.5 Å². The largest absolute Gasteiger partial charge is 0.493 e. The van der Waals surface area contributed by atoms with Gasteiger partial charge < -0.3 is 29.2 Å². The van der Waals surface area contributed by atoms with Crippen LogP contribution >= 0.6 is 0 Å². The number of likely N-dealkylation sites (tertiary alicyclic amines) is 1. The number of anilines is 1. The standard InChI is InChI=1S/C32H41N3O5/c1-24(35(21-25-11-7-5-8-12-25)22-26-13-9-6-10-14-26)23-40-32(36)34-17-15-27(16-18-34)33-28-19-29(37-2)31(39-4)30(20-28)38-3/h5-14,19-20,24,27,33H,15-18,21-23H2,1-4H3/t24-/m0/s1. The summed E-state index contributed by atoms with van der Waals surface area (Å²) < 4.78 is 22.2. The Morgan fingerprint density at radius 1 is 0.875 bits per heavy atom. The zero-order chi connectivity index (χ0) is 28.3. The van der Waals surface area contributed by atoms with Gasteiger partial charge in [-0.1, -0.05) is 60.7 Å². The third-order valence-corrected chi connectivity index (χ3v) is 7.32. The average molecular weight is 548 g/mol. The summed E-state index contributed by atoms with van der Waals surface area (Å²) in [6.07, 6.45) is 1.38. The Morgan fingerprint density at radius 2 is 1.40 bits per heavy atom. The van der Waals surface area contributed by atoms with E-state index < -0.39 is 0 Å². The van der Waals surface area contributed by atoms with Crippen LogP contribution in [-0.2, 0) is 17.8 Å². The van der Waals surface area contributed by atoms with E-state index >= 15 is 0 Å². The highest BCUT2D eigenvalue weighted by atomic mass is 16.6. The van der Waals surface area contributed by atoms with Gasteiger partial charge in [-0.15, -0.1) is 0 Å². The summed E-state index contributed by atoms with van der Waals surface area (Å²) in [4.78, 5) is 17.1. The van der Waals surface area contributed by atoms with Crippen molar-refractivity contribution in [3.8, 4) is 17.2 Å². The van der Waals surface area contributed by atoms with Crippen molar-refractivity contribution in [2.75, 3.05) is 46.3 Å². The van der Waals surface area contributed by atoms with Crippen molar-refractivity contribution in [1.29, 1.82) is 0 Å². The van der Waals surface area contributed by atoms with E-state index in [2.05, 4.69) is 65.7 Å². The van der Waals surface area contributed by atoms with E-state index in [1.807, 2.05) is 24.3 Å². The predicted octanol–water partition coefficient (Wildman–Crippen LogP) is 5.82. The maximum Gasteiger partial charge on any atom is 0.409 e. The zero-order valence-electron chi connectivity index (χ0n) is 24.0. The Balaban J connectivity index is 1.29. The summed E-state index contributed by atoms with van der Waals surface area (Å²) in [6.45, 7) is 5.29. The molecule has 1 aliphatic heterocycles. The summed E-state index contributed by atoms with van der Waals surface area (Å²) in [5.41, 5.74) is 3.36. The molecule has 8 heteroatoms. The number of nitrogens with one attached hydrogen (secondary N) is 1. The minimum atomic E-state index is -0.252. The van der Waals surface area contributed by atoms with E-state index in [1.54, 1.807) is 26.2 Å². The highest BCUT2D eigenvalue weighted by Crippen LogP contribution is 2.40. The second kappa shape index (κ2) is 14.5. The lowest BCUT2D eigenvalue weighted by Crippen LogP contribution is -2.44. The van der Waals surface area contributed by atoms with E-state index in [1.165, 1.54) is 11.1 Å². The molecule has 0 unspecified atom stereocenters. The number of rotatable bonds is 12. The molecular weight excluding hydrogens is 506 g/mol. The van der Waals surface area contributed by atoms with E-state index in [4.69, 9.17) is 18.9 Å². The van der Waals surface area contributed by atoms with Gasteiger partial charge in [0.25, 0.3) is 0 Å². The van der Waals surface area contributed by atoms with Gasteiger partial charge in [0, 0.05) is 56.1 Å². The fourth-order valence-corrected chi connectivity index (χ4v) is 5.00. The lowest BCUT2D eigenvalue weighted by atomic mass is 10.0. The molecular formula is C32H41N3O5. The van der Waals surface area contributed by atoms with Gasteiger partial charge in [0.05, 0.1) is 21.3 Å². The molecule has 0 saturated carbocycles. The molecule has 0 aliphatic carbocycles. The molecule has 0 spiro atoms. The Morgan fingerprint density at radius 3 is 1.88 bits per heavy atom. The van der Waals surface area contributed by atoms with Crippen LogP contribution in [0.1, 0.15) is 30.9 Å². The van der Waals surface area contributed by atoms with Gasteiger partial charge in [0.1, 0.15) is 6.61 Å². The minimum Gasteiger partial charge on any atom is -0.493 e. The number of ether oxygens (including phenoxy) is 4. The number of hydrogen-bond acceptors (Lipinski definition) is 7. The van der Waals surface area contributed by atoms with E-state index in [-0.39, 0.29) is 18.2 Å². The van der Waals surface area contributed by atoms with Crippen LogP contribution in [0.25, 0.3) is 0 Å². The Labute approximate surface area is 237 Å². The van der Waals surface area contributed by atoms with Crippen molar-refractivity contribution in [3.05, 3.63) is 83.9 Å². The summed E-state index contributed by atoms with van der Waals surface area (Å²) >= 11 is 0. The molecule has 4 rings (SSSR count). The number of amides is 1. The molecule has 8 nitrogen and oxygen atoms in total. The van der Waals surface area contributed by atoms with Crippen LogP contribution in [0.15, 0.2) is 72.8 Å². The first-order valence-corrected chi connectivity index (χ1v) is 13.8. The molecule has 0 aromatic heterocycles. The Bertz CT molecular complexity index is 1130. The van der Waals surface area contributed by atoms with Crippen molar-refractivity contribution >= 4 is 11.8 Å². The number of benzene rings is 3. The third-order valence-electron chi connectivity index (χ3n) is 7.32. The lowest BCUT2D eigenvalue weighted by Gasteiger charge is -2.33. The lowest BCUT2D eigenvalue weighted by molar-refractivity contribution is 0.0595. The smallest absolute Gasteiger partial charge is 0.409 e. The molecule has 1 heterocycles. The molecule has 214 valence electrons. The van der Waals surface area contributed by atoms with Crippen LogP contribution in [0.4, 0.5) is 10.5 Å². The fraction of sp³-hybridized carbons (Fsp3) is 0.406. The average Bonchev–Trinajstić information content (AvgIpc) is 3.00. The van der Waals surface area contributed by atoms with Gasteiger partial charge in [-0.3, -0.25) is 4.90 Å². The summed E-state index contributed by atoms with van der Waals surface area (Å²) in [7, 11) is 4.80. The van der Waals surface area contributed by atoms with Crippen molar-refractivity contribution in [3.63, 3.8) is 0 Å². The second-order valence-electron chi connectivity index (χ2n) is 10.1. The van der Waals surface area contributed by atoms with Crippen molar-refractivity contribution in [1.82, 2.24) is 9.80 Å². The molecule has 0 bridgehead atoms. The highest BCUT2D eigenvalue weighted by Gasteiger charge is 2.26. The minimum absolute atomic E-state index is 0.0589. The maximum atomic E-state index is 13.0. The zero-order valence-corrected chi connectivity index (χ0v) is 24.0. The monoisotopic (exact) mass is 547 g/mol. The van der Waals surface area contributed by atoms with Crippen molar-refractivity contribution < 1.29 is 23.7 Å². The topological polar surface area (TPSA) is 72.5 Å². The highest BCUT2D eigenvalue weighted by molar-refractivity contribution is 5.68. The quantitative estimate of drug-likeness (QED) is 0.307. The van der Waals surface area contributed by atoms with Gasteiger partial charge in [0.2, 0.25) is 5.75 Å². The van der Waals surface area contributed by atoms with Crippen molar-refractivity contribution in [2.45, 2.75) is 44.9 Å². The number of carbonyl (C=O) groups is 1. The number of nitrogens with zero attached hydrogens (tertiary/aromatic N) is 2. The first-order chi connectivity index (χ1) is 19.5. The Kier molecular flexibility index (Phi) is 10.5. The fourth-order valence-electron chi connectivity index (χ4n) is 5.00. The number of piperidine rings is 1. The molecule has 3 aromatic rings. The molecule has 1 N–H and O–H groups in total. The van der Waals surface area contributed by atoms with Crippen LogP contribution in [0, 0.1) is 0 Å². The van der Waals surface area contributed by atoms with Gasteiger partial charge in [-0.2, -0.15) is 0 Å². The first-order valence-electron chi connectivity index (χ1n) is 13.8. The molecule has 1 aliphatic rings. The third kappa shape index (κ3) is 7.82. The summed E-state index contributed by atoms with van der Waals surface area (Å²) in [6, 6.07) is 24.9. The molecule has 0 radical (unpaired) electrons. The number of hydrogen-bond donors (Lipinski definition) is 1. The molecule has 1 atom stereocenters. The normalized spacial score (nSPS) is 14.5. The van der Waals surface area contributed by atoms with E-state index in [9.17, 15) is 4.79 Å². The number of carbonyl (C=O) groups excluding carboxylic acids is 1. The van der Waals surface area contributed by atoms with Gasteiger partial charge >= 0.3 is 6.09 Å². The Hall–Kier alpha value is -3.91. The summed E-state index contributed by atoms with van der Waals surface area (Å²) in [5, 5.41) is 3.55. The van der Waals surface area contributed by atoms with Crippen LogP contribution in [0.5, 0.6) is 17.2 Å². The molecule has 1 amide bonds.